The van der Waals surface area contributed by atoms with Crippen molar-refractivity contribution in [2.45, 2.75) is 0 Å². The van der Waals surface area contributed by atoms with E-state index >= 15 is 0 Å². The molecule has 0 heterocycles. The van der Waals surface area contributed by atoms with E-state index in [-0.39, 0.29) is 58.4 Å². The molecule has 8 nitrogen and oxygen atoms in total. The van der Waals surface area contributed by atoms with Gasteiger partial charge in [0.15, 0.2) is 0 Å². The molecule has 64 valence electrons. The monoisotopic (exact) mass is 562 g/mol. The van der Waals surface area contributed by atoms with Crippen LogP contribution < -0.4 is 20.3 Å². The third kappa shape index (κ3) is 300. The van der Waals surface area contributed by atoms with Gasteiger partial charge in [-0.05, 0) is 0 Å². The van der Waals surface area contributed by atoms with Gasteiger partial charge in [0.05, 0.1) is 0 Å². The Balaban J connectivity index is -0.0000000267. The van der Waals surface area contributed by atoms with Gasteiger partial charge in [-0.1, -0.05) is 0 Å². The first kappa shape index (κ1) is 29.7. The minimum atomic E-state index is -6.10. The van der Waals surface area contributed by atoms with E-state index < -0.39 is 40.1 Å². The summed E-state index contributed by atoms with van der Waals surface area (Å²) in [6.07, 6.45) is 0. The summed E-state index contributed by atoms with van der Waals surface area (Å²) in [5, 5.41) is 0. The predicted molar refractivity (Wildman–Crippen MR) is 12.9 cm³/mol. The molecule has 13 heavy (non-hydrogen) atoms. The van der Waals surface area contributed by atoms with Crippen LogP contribution in [0.5, 0.6) is 0 Å². The second kappa shape index (κ2) is 12.9. The van der Waals surface area contributed by atoms with Gasteiger partial charge in [-0.3, -0.25) is 0 Å². The summed E-state index contributed by atoms with van der Waals surface area (Å²) in [4.78, 5) is 0. The average Bonchev–Trinajstić information content (AvgIpc) is 1.12. The molecule has 0 aromatic rings. The van der Waals surface area contributed by atoms with Gasteiger partial charge in [-0.2, -0.15) is 0 Å². The van der Waals surface area contributed by atoms with Gasteiger partial charge >= 0.3 is 125 Å². The Hall–Kier alpha value is 2.87. The van der Waals surface area contributed by atoms with Crippen molar-refractivity contribution in [1.29, 1.82) is 0 Å². The Labute approximate surface area is 123 Å². The van der Waals surface area contributed by atoms with Crippen LogP contribution in [0.25, 0.3) is 0 Å². The van der Waals surface area contributed by atoms with E-state index in [1.165, 1.54) is 0 Å². The molecular weight excluding hydrogens is 568 g/mol. The molecule has 0 unspecified atom stereocenters. The minimum absolute atomic E-state index is 0. The third-order valence-corrected chi connectivity index (χ3v) is 0. The van der Waals surface area contributed by atoms with Crippen LogP contribution in [-0.4, -0.2) is 40.1 Å². The smallest absolute Gasteiger partial charge is 2.00 e. The third-order valence-electron chi connectivity index (χ3n) is 0. The van der Waals surface area contributed by atoms with Crippen LogP contribution in [0.15, 0.2) is 0 Å². The molecule has 0 aliphatic carbocycles. The average molecular weight is 568 g/mol. The van der Waals surface area contributed by atoms with E-state index in [2.05, 4.69) is 0 Å². The van der Waals surface area contributed by atoms with E-state index in [1.54, 1.807) is 0 Å². The molecule has 0 aromatic carbocycles. The van der Waals surface area contributed by atoms with Gasteiger partial charge in [-0.15, -0.1) is 0 Å². The number of hydrogen-bond acceptors (Lipinski definition) is 8. The van der Waals surface area contributed by atoms with Gasteiger partial charge in [0.1, 0.15) is 0 Å². The molecule has 0 aromatic heterocycles. The van der Waals surface area contributed by atoms with E-state index in [9.17, 15) is 0 Å². The maximum atomic E-state index is 8.64. The fourth-order valence-corrected chi connectivity index (χ4v) is 0. The van der Waals surface area contributed by atoms with Gasteiger partial charge < -0.3 is 0 Å². The molecule has 0 N–H and O–H groups in total. The summed E-state index contributed by atoms with van der Waals surface area (Å²) in [6.45, 7) is 0. The second-order valence-electron chi connectivity index (χ2n) is 0.894. The van der Waals surface area contributed by atoms with Crippen LogP contribution in [0.3, 0.4) is 0 Å². The molecule has 0 rings (SSSR count). The fraction of sp³-hybridized carbons (Fsp3) is 0. The quantitative estimate of drug-likeness (QED) is 0.260. The molecule has 0 fully saturated rings. The van der Waals surface area contributed by atoms with Crippen molar-refractivity contribution in [2.75, 3.05) is 0 Å². The first-order valence-corrected chi connectivity index (χ1v) is 9.80. The Morgan fingerprint density at radius 1 is 0.538 bits per heavy atom. The fourth-order valence-electron chi connectivity index (χ4n) is 0. The molecule has 0 saturated carbocycles. The minimum Gasteiger partial charge on any atom is 2.00 e. The van der Waals surface area contributed by atoms with Crippen LogP contribution in [-0.2, 0) is 64.5 Å². The maximum Gasteiger partial charge on any atom is 2.00 e. The Morgan fingerprint density at radius 2 is 0.538 bits per heavy atom. The van der Waals surface area contributed by atoms with Crippen molar-refractivity contribution in [3.05, 3.63) is 0 Å². The zero-order valence-electron chi connectivity index (χ0n) is 6.28. The first-order chi connectivity index (χ1) is 4.00. The zero-order valence-corrected chi connectivity index (χ0v) is 20.3. The molecular formula is O8Sb2Zn3. The molecule has 0 aliphatic heterocycles. The largest absolute Gasteiger partial charge is 2.00 e. The summed E-state index contributed by atoms with van der Waals surface area (Å²) < 4.78 is 69.1. The molecule has 0 spiro atoms. The van der Waals surface area contributed by atoms with Crippen LogP contribution >= 0.6 is 0 Å². The van der Waals surface area contributed by atoms with E-state index in [0.29, 0.717) is 0 Å². The molecule has 0 saturated heterocycles. The van der Waals surface area contributed by atoms with Crippen LogP contribution in [0.2, 0.25) is 0 Å². The molecule has 0 aliphatic rings. The summed E-state index contributed by atoms with van der Waals surface area (Å²) in [5.41, 5.74) is 0. The Morgan fingerprint density at radius 3 is 0.538 bits per heavy atom. The molecule has 0 radical (unpaired) electrons. The second-order valence-corrected chi connectivity index (χ2v) is 6.00. The van der Waals surface area contributed by atoms with Crippen LogP contribution in [0.1, 0.15) is 0 Å². The van der Waals surface area contributed by atoms with Crippen molar-refractivity contribution >= 4 is 40.1 Å². The van der Waals surface area contributed by atoms with Crippen molar-refractivity contribution < 1.29 is 84.8 Å². The van der Waals surface area contributed by atoms with Gasteiger partial charge in [0.2, 0.25) is 0 Å². The SMILES string of the molecule is [O]=[Sb]([O-])([O-])[O-].[O]=[Sb]([O-])([O-])[O-].[Zn+2].[Zn+2].[Zn+2]. The van der Waals surface area contributed by atoms with Crippen molar-refractivity contribution in [3.63, 3.8) is 0 Å². The summed E-state index contributed by atoms with van der Waals surface area (Å²) in [5.74, 6) is 0. The maximum absolute atomic E-state index is 8.64. The molecule has 0 amide bonds. The van der Waals surface area contributed by atoms with E-state index in [1.807, 2.05) is 0 Å². The number of hydrogen-bond donors (Lipinski definition) is 0. The summed E-state index contributed by atoms with van der Waals surface area (Å²) >= 11 is -12.2. The molecule has 0 atom stereocenters. The van der Waals surface area contributed by atoms with Crippen molar-refractivity contribution in [2.24, 2.45) is 0 Å². The predicted octanol–water partition coefficient (Wildman–Crippen LogP) is -8.14. The summed E-state index contributed by atoms with van der Waals surface area (Å²) in [7, 11) is 0. The van der Waals surface area contributed by atoms with Crippen LogP contribution in [0.4, 0.5) is 0 Å². The van der Waals surface area contributed by atoms with Gasteiger partial charge in [0.25, 0.3) is 0 Å². The van der Waals surface area contributed by atoms with Crippen molar-refractivity contribution in [1.82, 2.24) is 0 Å². The van der Waals surface area contributed by atoms with Gasteiger partial charge in [0, 0.05) is 0 Å². The first-order valence-electron chi connectivity index (χ1n) is 1.46. The summed E-state index contributed by atoms with van der Waals surface area (Å²) in [6, 6.07) is 0. The normalized spacial score (nSPS) is 9.08. The van der Waals surface area contributed by atoms with Crippen molar-refractivity contribution in [3.8, 4) is 0 Å². The molecule has 13 heteroatoms. The topological polar surface area (TPSA) is 172 Å². The standard InChI is InChI=1S/8O.2Sb.3Zn/q;;6*-1;;;3*+2. The van der Waals surface area contributed by atoms with E-state index in [0.717, 1.165) is 0 Å². The Kier molecular flexibility index (Phi) is 29.5. The van der Waals surface area contributed by atoms with Crippen LogP contribution in [0, 0.1) is 0 Å². The van der Waals surface area contributed by atoms with Gasteiger partial charge in [-0.25, -0.2) is 0 Å². The Bertz CT molecular complexity index is 130. The zero-order chi connectivity index (χ0) is 9.00. The number of rotatable bonds is 0. The molecule has 0 bridgehead atoms. The van der Waals surface area contributed by atoms with E-state index in [4.69, 9.17) is 26.3 Å².